The van der Waals surface area contributed by atoms with Crippen molar-refractivity contribution in [3.05, 3.63) is 146 Å². The Kier molecular flexibility index (Phi) is 5.48. The Balaban J connectivity index is 1.12. The molecule has 6 heteroatoms. The minimum absolute atomic E-state index is 0.595. The van der Waals surface area contributed by atoms with Gasteiger partial charge in [-0.25, -0.2) is 4.98 Å². The Morgan fingerprint density at radius 2 is 1.10 bits per heavy atom. The van der Waals surface area contributed by atoms with E-state index < -0.39 is 0 Å². The largest absolute Gasteiger partial charge is 0.456 e. The van der Waals surface area contributed by atoms with Gasteiger partial charge in [0.25, 0.3) is 0 Å². The number of oxazole rings is 1. The van der Waals surface area contributed by atoms with Gasteiger partial charge in [-0.05, 0) is 78.9 Å². The first-order valence-electron chi connectivity index (χ1n) is 16.2. The standard InChI is InChI=1S/C43H24N2O3S/c1-2-8-25(9-3-1)43-44-34-19-20-36-41(42(34)48-43)32-18-15-28(24-38(32)47-36)45(26-16-21-40-33(22-26)31-11-5-7-13-39(31)49-40)27-14-17-30-29-10-4-6-12-35(29)46-37(30)23-27/h1-24H. The van der Waals surface area contributed by atoms with E-state index in [0.29, 0.717) is 5.89 Å². The van der Waals surface area contributed by atoms with Crippen LogP contribution in [0.15, 0.2) is 159 Å². The van der Waals surface area contributed by atoms with E-state index in [1.165, 1.54) is 20.2 Å². The Hall–Kier alpha value is -6.37. The molecule has 4 aromatic heterocycles. The van der Waals surface area contributed by atoms with Gasteiger partial charge in [-0.2, -0.15) is 0 Å². The van der Waals surface area contributed by atoms with Crippen molar-refractivity contribution in [3.8, 4) is 11.5 Å². The molecule has 230 valence electrons. The maximum Gasteiger partial charge on any atom is 0.227 e. The Bertz CT molecular complexity index is 3070. The molecule has 0 bridgehead atoms. The van der Waals surface area contributed by atoms with Crippen LogP contribution in [-0.2, 0) is 0 Å². The number of thiophene rings is 1. The van der Waals surface area contributed by atoms with Crippen LogP contribution in [0.1, 0.15) is 0 Å². The van der Waals surface area contributed by atoms with Gasteiger partial charge in [0.05, 0.1) is 5.39 Å². The summed E-state index contributed by atoms with van der Waals surface area (Å²) in [6.07, 6.45) is 0. The van der Waals surface area contributed by atoms with Gasteiger partial charge in [0.15, 0.2) is 5.58 Å². The molecule has 0 amide bonds. The molecule has 0 saturated carbocycles. The summed E-state index contributed by atoms with van der Waals surface area (Å²) in [5.74, 6) is 0.595. The Labute approximate surface area is 282 Å². The molecule has 0 aliphatic carbocycles. The number of benzene rings is 7. The second-order valence-corrected chi connectivity index (χ2v) is 13.4. The third-order valence-corrected chi connectivity index (χ3v) is 10.6. The highest BCUT2D eigenvalue weighted by Crippen LogP contribution is 2.44. The highest BCUT2D eigenvalue weighted by atomic mass is 32.1. The fourth-order valence-corrected chi connectivity index (χ4v) is 8.32. The molecule has 0 N–H and O–H groups in total. The molecule has 49 heavy (non-hydrogen) atoms. The minimum Gasteiger partial charge on any atom is -0.456 e. The lowest BCUT2D eigenvalue weighted by Crippen LogP contribution is -2.09. The monoisotopic (exact) mass is 648 g/mol. The molecule has 0 aliphatic heterocycles. The number of anilines is 3. The van der Waals surface area contributed by atoms with E-state index in [0.717, 1.165) is 77.6 Å². The van der Waals surface area contributed by atoms with Crippen LogP contribution in [0.4, 0.5) is 17.1 Å². The summed E-state index contributed by atoms with van der Waals surface area (Å²) in [5, 5.41) is 6.61. The van der Waals surface area contributed by atoms with Crippen molar-refractivity contribution >= 4 is 104 Å². The highest BCUT2D eigenvalue weighted by Gasteiger charge is 2.21. The molecule has 0 spiro atoms. The van der Waals surface area contributed by atoms with E-state index in [1.54, 1.807) is 0 Å². The van der Waals surface area contributed by atoms with Crippen molar-refractivity contribution < 1.29 is 13.3 Å². The van der Waals surface area contributed by atoms with E-state index in [-0.39, 0.29) is 0 Å². The second kappa shape index (κ2) is 10.1. The van der Waals surface area contributed by atoms with Crippen LogP contribution in [0, 0.1) is 0 Å². The number of hydrogen-bond donors (Lipinski definition) is 0. The first-order valence-corrected chi connectivity index (χ1v) is 17.0. The number of furan rings is 2. The number of nitrogens with zero attached hydrogens (tertiary/aromatic N) is 2. The maximum absolute atomic E-state index is 6.53. The number of para-hydroxylation sites is 1. The van der Waals surface area contributed by atoms with Gasteiger partial charge in [-0.3, -0.25) is 0 Å². The molecule has 7 aromatic carbocycles. The Morgan fingerprint density at radius 1 is 0.449 bits per heavy atom. The molecule has 0 saturated heterocycles. The van der Waals surface area contributed by atoms with E-state index in [9.17, 15) is 0 Å². The normalized spacial score (nSPS) is 12.1. The van der Waals surface area contributed by atoms with Crippen LogP contribution in [0.25, 0.3) is 86.6 Å². The van der Waals surface area contributed by atoms with Crippen LogP contribution in [-0.4, -0.2) is 4.98 Å². The molecule has 0 atom stereocenters. The van der Waals surface area contributed by atoms with Crippen molar-refractivity contribution in [3.63, 3.8) is 0 Å². The maximum atomic E-state index is 6.53. The number of fused-ring (bicyclic) bond motifs is 11. The van der Waals surface area contributed by atoms with Crippen molar-refractivity contribution in [1.29, 1.82) is 0 Å². The Morgan fingerprint density at radius 3 is 1.98 bits per heavy atom. The topological polar surface area (TPSA) is 55.6 Å². The molecular weight excluding hydrogens is 625 g/mol. The quantitative estimate of drug-likeness (QED) is 0.190. The summed E-state index contributed by atoms with van der Waals surface area (Å²) in [6, 6.07) is 50.3. The fraction of sp³-hybridized carbons (Fsp3) is 0. The van der Waals surface area contributed by atoms with Gasteiger partial charge < -0.3 is 18.2 Å². The summed E-state index contributed by atoms with van der Waals surface area (Å²) in [6.45, 7) is 0. The minimum atomic E-state index is 0.595. The van der Waals surface area contributed by atoms with Gasteiger partial charge in [0.2, 0.25) is 5.89 Å². The van der Waals surface area contributed by atoms with Crippen LogP contribution in [0.2, 0.25) is 0 Å². The first kappa shape index (κ1) is 26.7. The van der Waals surface area contributed by atoms with Gasteiger partial charge >= 0.3 is 0 Å². The second-order valence-electron chi connectivity index (χ2n) is 12.3. The van der Waals surface area contributed by atoms with E-state index >= 15 is 0 Å². The van der Waals surface area contributed by atoms with Crippen LogP contribution in [0.5, 0.6) is 0 Å². The molecule has 11 aromatic rings. The predicted molar refractivity (Wildman–Crippen MR) is 202 cm³/mol. The average molecular weight is 649 g/mol. The zero-order chi connectivity index (χ0) is 32.1. The van der Waals surface area contributed by atoms with E-state index in [2.05, 4.69) is 95.9 Å². The van der Waals surface area contributed by atoms with Crippen molar-refractivity contribution in [2.24, 2.45) is 0 Å². The summed E-state index contributed by atoms with van der Waals surface area (Å²) >= 11 is 1.82. The summed E-state index contributed by atoms with van der Waals surface area (Å²) in [7, 11) is 0. The zero-order valence-corrected chi connectivity index (χ0v) is 26.7. The van der Waals surface area contributed by atoms with Crippen LogP contribution < -0.4 is 4.90 Å². The first-order chi connectivity index (χ1) is 24.2. The SMILES string of the molecule is c1ccc(-c2nc3ccc4oc5cc(N(c6ccc7c(c6)oc6ccccc67)c6ccc7sc8ccccc8c7c6)ccc5c4c3o2)cc1. The van der Waals surface area contributed by atoms with E-state index in [4.69, 9.17) is 18.2 Å². The lowest BCUT2D eigenvalue weighted by molar-refractivity contribution is 0.622. The molecule has 4 heterocycles. The highest BCUT2D eigenvalue weighted by molar-refractivity contribution is 7.25. The molecule has 5 nitrogen and oxygen atoms in total. The van der Waals surface area contributed by atoms with Crippen molar-refractivity contribution in [1.82, 2.24) is 4.98 Å². The molecule has 0 aliphatic rings. The number of rotatable bonds is 4. The van der Waals surface area contributed by atoms with Crippen LogP contribution >= 0.6 is 11.3 Å². The molecule has 0 fully saturated rings. The van der Waals surface area contributed by atoms with Crippen molar-refractivity contribution in [2.45, 2.75) is 0 Å². The van der Waals surface area contributed by atoms with Gasteiger partial charge in [-0.15, -0.1) is 11.3 Å². The van der Waals surface area contributed by atoms with Crippen molar-refractivity contribution in [2.75, 3.05) is 4.90 Å². The lowest BCUT2D eigenvalue weighted by atomic mass is 10.1. The smallest absolute Gasteiger partial charge is 0.227 e. The van der Waals surface area contributed by atoms with Gasteiger partial charge in [0, 0.05) is 71.1 Å². The number of aromatic nitrogens is 1. The summed E-state index contributed by atoms with van der Waals surface area (Å²) in [4.78, 5) is 7.08. The third-order valence-electron chi connectivity index (χ3n) is 9.49. The predicted octanol–water partition coefficient (Wildman–Crippen LogP) is 13.1. The fourth-order valence-electron chi connectivity index (χ4n) is 7.23. The molecule has 0 radical (unpaired) electrons. The van der Waals surface area contributed by atoms with Gasteiger partial charge in [-0.1, -0.05) is 54.6 Å². The summed E-state index contributed by atoms with van der Waals surface area (Å²) < 4.78 is 21.8. The van der Waals surface area contributed by atoms with Crippen LogP contribution in [0.3, 0.4) is 0 Å². The molecule has 11 rings (SSSR count). The molecule has 0 unspecified atom stereocenters. The average Bonchev–Trinajstić information content (AvgIpc) is 3.92. The third kappa shape index (κ3) is 4.01. The van der Waals surface area contributed by atoms with E-state index in [1.807, 2.05) is 65.9 Å². The summed E-state index contributed by atoms with van der Waals surface area (Å²) in [5.41, 5.74) is 8.74. The zero-order valence-electron chi connectivity index (χ0n) is 25.9. The molecular formula is C43H24N2O3S. The number of hydrogen-bond acceptors (Lipinski definition) is 6. The lowest BCUT2D eigenvalue weighted by Gasteiger charge is -2.25. The van der Waals surface area contributed by atoms with Gasteiger partial charge in [0.1, 0.15) is 27.8 Å².